The van der Waals surface area contributed by atoms with Gasteiger partial charge in [0, 0.05) is 37.7 Å². The fraction of sp³-hybridized carbons (Fsp3) is 0.0244. The Labute approximate surface area is 264 Å². The molecule has 0 N–H and O–H groups in total. The number of fused-ring (bicyclic) bond motifs is 6. The maximum atomic E-state index is 5.19. The lowest BCUT2D eigenvalue weighted by Gasteiger charge is -2.12. The Hall–Kier alpha value is -5.58. The topological polar surface area (TPSA) is 30.7 Å². The first-order valence-corrected chi connectivity index (χ1v) is 16.0. The molecule has 0 bridgehead atoms. The third-order valence-electron chi connectivity index (χ3n) is 8.63. The Bertz CT molecular complexity index is 2490. The summed E-state index contributed by atoms with van der Waals surface area (Å²) >= 11 is 1.77. The number of aromatic nitrogens is 3. The zero-order valence-corrected chi connectivity index (χ0v) is 25.4. The van der Waals surface area contributed by atoms with Crippen molar-refractivity contribution in [2.75, 3.05) is 0 Å². The summed E-state index contributed by atoms with van der Waals surface area (Å²) in [5.41, 5.74) is 11.3. The Balaban J connectivity index is 1.26. The Morgan fingerprint density at radius 3 is 1.87 bits per heavy atom. The lowest BCUT2D eigenvalue weighted by Crippen LogP contribution is -1.95. The molecule has 0 atom stereocenters. The first kappa shape index (κ1) is 25.9. The van der Waals surface area contributed by atoms with Gasteiger partial charge in [0.1, 0.15) is 0 Å². The molecule has 0 fully saturated rings. The molecule has 0 aliphatic rings. The van der Waals surface area contributed by atoms with E-state index in [0.29, 0.717) is 0 Å². The van der Waals surface area contributed by atoms with E-state index in [-0.39, 0.29) is 0 Å². The van der Waals surface area contributed by atoms with Crippen LogP contribution in [0.1, 0.15) is 5.56 Å². The number of nitrogens with zero attached hydrogens (tertiary/aromatic N) is 3. The predicted molar refractivity (Wildman–Crippen MR) is 190 cm³/mol. The van der Waals surface area contributed by atoms with E-state index in [4.69, 9.17) is 9.97 Å². The summed E-state index contributed by atoms with van der Waals surface area (Å²) in [6.45, 7) is 2.19. The number of hydrogen-bond donors (Lipinski definition) is 0. The van der Waals surface area contributed by atoms with Gasteiger partial charge in [0.25, 0.3) is 0 Å². The Morgan fingerprint density at radius 2 is 1.16 bits per heavy atom. The molecule has 0 spiro atoms. The highest BCUT2D eigenvalue weighted by Gasteiger charge is 2.18. The molecule has 4 heteroatoms. The fourth-order valence-electron chi connectivity index (χ4n) is 6.59. The summed E-state index contributed by atoms with van der Waals surface area (Å²) in [7, 11) is 0. The molecule has 9 rings (SSSR count). The summed E-state index contributed by atoms with van der Waals surface area (Å²) in [5.74, 6) is 0.747. The second kappa shape index (κ2) is 10.3. The van der Waals surface area contributed by atoms with E-state index in [1.807, 2.05) is 24.3 Å². The number of para-hydroxylation sites is 2. The third-order valence-corrected chi connectivity index (χ3v) is 9.79. The van der Waals surface area contributed by atoms with Gasteiger partial charge in [-0.2, -0.15) is 0 Å². The van der Waals surface area contributed by atoms with Gasteiger partial charge in [-0.05, 0) is 60.0 Å². The van der Waals surface area contributed by atoms with Crippen molar-refractivity contribution >= 4 is 53.4 Å². The van der Waals surface area contributed by atoms with Crippen LogP contribution in [-0.4, -0.2) is 14.5 Å². The van der Waals surface area contributed by atoms with Crippen LogP contribution in [0.2, 0.25) is 0 Å². The quantitative estimate of drug-likeness (QED) is 0.203. The van der Waals surface area contributed by atoms with Crippen molar-refractivity contribution in [2.24, 2.45) is 0 Å². The minimum Gasteiger partial charge on any atom is -0.309 e. The van der Waals surface area contributed by atoms with Crippen molar-refractivity contribution in [1.29, 1.82) is 0 Å². The van der Waals surface area contributed by atoms with Gasteiger partial charge in [0.05, 0.1) is 26.9 Å². The Kier molecular flexibility index (Phi) is 5.90. The zero-order valence-electron chi connectivity index (χ0n) is 24.6. The maximum absolute atomic E-state index is 5.19. The average Bonchev–Trinajstić information content (AvgIpc) is 3.64. The molecular formula is C41H27N3S. The normalized spacial score (nSPS) is 11.7. The van der Waals surface area contributed by atoms with Crippen LogP contribution in [0.15, 0.2) is 146 Å². The first-order valence-electron chi connectivity index (χ1n) is 15.2. The van der Waals surface area contributed by atoms with Gasteiger partial charge in [-0.15, -0.1) is 11.3 Å². The summed E-state index contributed by atoms with van der Waals surface area (Å²) in [6, 6.07) is 51.8. The predicted octanol–water partition coefficient (Wildman–Crippen LogP) is 11.3. The van der Waals surface area contributed by atoms with E-state index in [1.54, 1.807) is 11.3 Å². The molecule has 0 radical (unpaired) electrons. The van der Waals surface area contributed by atoms with Crippen molar-refractivity contribution in [2.45, 2.75) is 6.92 Å². The molecule has 0 amide bonds. The van der Waals surface area contributed by atoms with E-state index < -0.39 is 0 Å². The molecule has 0 aliphatic carbocycles. The smallest absolute Gasteiger partial charge is 0.160 e. The minimum absolute atomic E-state index is 0.747. The third kappa shape index (κ3) is 4.26. The highest BCUT2D eigenvalue weighted by molar-refractivity contribution is 7.26. The van der Waals surface area contributed by atoms with Crippen LogP contribution in [0.4, 0.5) is 0 Å². The van der Waals surface area contributed by atoms with Crippen LogP contribution in [0.25, 0.3) is 81.6 Å². The van der Waals surface area contributed by atoms with Crippen LogP contribution < -0.4 is 0 Å². The average molecular weight is 594 g/mol. The minimum atomic E-state index is 0.747. The van der Waals surface area contributed by atoms with E-state index in [2.05, 4.69) is 133 Å². The summed E-state index contributed by atoms with van der Waals surface area (Å²) < 4.78 is 4.72. The van der Waals surface area contributed by atoms with E-state index >= 15 is 0 Å². The molecule has 0 unspecified atom stereocenters. The fourth-order valence-corrected chi connectivity index (χ4v) is 7.72. The molecular weight excluding hydrogens is 567 g/mol. The van der Waals surface area contributed by atoms with Gasteiger partial charge in [-0.3, -0.25) is 0 Å². The lowest BCUT2D eigenvalue weighted by atomic mass is 10.0. The molecule has 212 valence electrons. The summed E-state index contributed by atoms with van der Waals surface area (Å²) in [4.78, 5) is 10.3. The maximum Gasteiger partial charge on any atom is 0.160 e. The van der Waals surface area contributed by atoms with Crippen LogP contribution in [0.3, 0.4) is 0 Å². The second-order valence-corrected chi connectivity index (χ2v) is 12.6. The van der Waals surface area contributed by atoms with Gasteiger partial charge in [0.2, 0.25) is 0 Å². The van der Waals surface area contributed by atoms with Crippen molar-refractivity contribution in [3.8, 4) is 39.5 Å². The van der Waals surface area contributed by atoms with Gasteiger partial charge < -0.3 is 4.57 Å². The highest BCUT2D eigenvalue weighted by Crippen LogP contribution is 2.41. The van der Waals surface area contributed by atoms with Crippen LogP contribution in [-0.2, 0) is 0 Å². The zero-order chi connectivity index (χ0) is 29.9. The molecule has 3 aromatic heterocycles. The number of thiophene rings is 1. The molecule has 3 nitrogen and oxygen atoms in total. The molecule has 0 aliphatic heterocycles. The molecule has 0 saturated heterocycles. The Morgan fingerprint density at radius 1 is 0.511 bits per heavy atom. The van der Waals surface area contributed by atoms with Gasteiger partial charge in [0.15, 0.2) is 5.82 Å². The van der Waals surface area contributed by atoms with E-state index in [9.17, 15) is 0 Å². The van der Waals surface area contributed by atoms with Crippen molar-refractivity contribution in [3.05, 3.63) is 151 Å². The number of rotatable bonds is 4. The molecule has 9 aromatic rings. The SMILES string of the molecule is Cc1cc(-c2ccc3sc4c(-c5ccccc5)nc(-c5ccccc5)nc4c3c2)cc(-n2c3ccccc3c3ccccc32)c1. The van der Waals surface area contributed by atoms with Crippen molar-refractivity contribution in [3.63, 3.8) is 0 Å². The second-order valence-electron chi connectivity index (χ2n) is 11.5. The molecule has 6 aromatic carbocycles. The lowest BCUT2D eigenvalue weighted by molar-refractivity contribution is 1.17. The van der Waals surface area contributed by atoms with Crippen molar-refractivity contribution in [1.82, 2.24) is 14.5 Å². The number of benzene rings is 6. The van der Waals surface area contributed by atoms with Gasteiger partial charge in [-0.1, -0.05) is 109 Å². The summed E-state index contributed by atoms with van der Waals surface area (Å²) in [6.07, 6.45) is 0. The number of aryl methyl sites for hydroxylation is 1. The highest BCUT2D eigenvalue weighted by atomic mass is 32.1. The molecule has 45 heavy (non-hydrogen) atoms. The molecule has 0 saturated carbocycles. The van der Waals surface area contributed by atoms with E-state index in [0.717, 1.165) is 43.9 Å². The molecule has 3 heterocycles. The van der Waals surface area contributed by atoms with E-state index in [1.165, 1.54) is 43.2 Å². The van der Waals surface area contributed by atoms with Crippen LogP contribution in [0.5, 0.6) is 0 Å². The van der Waals surface area contributed by atoms with Crippen molar-refractivity contribution < 1.29 is 0 Å². The van der Waals surface area contributed by atoms with Gasteiger partial charge in [-0.25, -0.2) is 9.97 Å². The monoisotopic (exact) mass is 593 g/mol. The number of hydrogen-bond acceptors (Lipinski definition) is 3. The van der Waals surface area contributed by atoms with Gasteiger partial charge >= 0.3 is 0 Å². The first-order chi connectivity index (χ1) is 22.2. The van der Waals surface area contributed by atoms with Crippen LogP contribution >= 0.6 is 11.3 Å². The van der Waals surface area contributed by atoms with Crippen LogP contribution in [0, 0.1) is 6.92 Å². The standard InChI is InChI=1S/C41H27N3S/c1-26-22-30(24-31(23-26)44-35-18-10-8-16-32(35)33-17-9-11-19-36(33)44)29-20-21-37-34(25-29)39-40(45-37)38(27-12-4-2-5-13-27)42-41(43-39)28-14-6-3-7-15-28/h2-25H,1H3. The summed E-state index contributed by atoms with van der Waals surface area (Å²) in [5, 5.41) is 3.69. The largest absolute Gasteiger partial charge is 0.309 e.